The van der Waals surface area contributed by atoms with Gasteiger partial charge in [-0.2, -0.15) is 18.6 Å². The second-order valence-corrected chi connectivity index (χ2v) is 8.48. The van der Waals surface area contributed by atoms with Crippen LogP contribution in [-0.2, 0) is 10.1 Å². The third-order valence-corrected chi connectivity index (χ3v) is 5.48. The Bertz CT molecular complexity index is 1420. The molecule has 0 fully saturated rings. The van der Waals surface area contributed by atoms with Gasteiger partial charge in [-0.25, -0.2) is 4.79 Å². The predicted molar refractivity (Wildman–Crippen MR) is 123 cm³/mol. The van der Waals surface area contributed by atoms with Crippen molar-refractivity contribution in [3.63, 3.8) is 0 Å². The first-order valence-corrected chi connectivity index (χ1v) is 10.8. The molecule has 0 aromatic heterocycles. The zero-order valence-corrected chi connectivity index (χ0v) is 18.4. The van der Waals surface area contributed by atoms with Crippen LogP contribution in [0, 0.1) is 13.8 Å². The van der Waals surface area contributed by atoms with Gasteiger partial charge in [0, 0.05) is 0 Å². The van der Waals surface area contributed by atoms with Crippen LogP contribution in [0.1, 0.15) is 21.5 Å². The van der Waals surface area contributed by atoms with Crippen molar-refractivity contribution in [3.8, 4) is 0 Å². The number of carbonyl (C=O) groups is 1. The standard InChI is InChI=1S/C21H20N6O5S/c1-11-6-7-12(2)15(8-11)25-26-16-10-17(33(30,31)32)19(23)20(18(16)22)27-24-14-5-3-4-13(9-14)21(28)29/h3-10H,22-23H2,1-2H3,(H,28,29)(H,30,31,32). The molecule has 0 aliphatic carbocycles. The molecule has 3 aromatic carbocycles. The summed E-state index contributed by atoms with van der Waals surface area (Å²) in [6.07, 6.45) is 0. The zero-order chi connectivity index (χ0) is 24.3. The average molecular weight is 468 g/mol. The maximum absolute atomic E-state index is 11.9. The summed E-state index contributed by atoms with van der Waals surface area (Å²) in [5, 5.41) is 25.1. The van der Waals surface area contributed by atoms with Gasteiger partial charge in [-0.3, -0.25) is 4.55 Å². The molecule has 3 aromatic rings. The normalized spacial score (nSPS) is 12.0. The molecule has 0 aliphatic rings. The fourth-order valence-corrected chi connectivity index (χ4v) is 3.45. The molecule has 0 aliphatic heterocycles. The van der Waals surface area contributed by atoms with E-state index in [0.29, 0.717) is 5.69 Å². The van der Waals surface area contributed by atoms with Crippen LogP contribution in [0.2, 0.25) is 0 Å². The highest BCUT2D eigenvalue weighted by Gasteiger charge is 2.22. The van der Waals surface area contributed by atoms with Gasteiger partial charge in [-0.05, 0) is 55.3 Å². The number of nitrogens with zero attached hydrogens (tertiary/aromatic N) is 4. The fourth-order valence-electron chi connectivity index (χ4n) is 2.81. The number of rotatable bonds is 6. The molecule has 3 rings (SSSR count). The van der Waals surface area contributed by atoms with Gasteiger partial charge < -0.3 is 16.6 Å². The lowest BCUT2D eigenvalue weighted by molar-refractivity contribution is 0.0697. The molecule has 0 bridgehead atoms. The van der Waals surface area contributed by atoms with Crippen LogP contribution >= 0.6 is 0 Å². The quantitative estimate of drug-likeness (QED) is 0.215. The van der Waals surface area contributed by atoms with Crippen molar-refractivity contribution in [1.29, 1.82) is 0 Å². The van der Waals surface area contributed by atoms with Crippen LogP contribution in [0.25, 0.3) is 0 Å². The SMILES string of the molecule is Cc1ccc(C)c(N=Nc2cc(S(=O)(=O)O)c(N)c(N=Nc3cccc(C(=O)O)c3)c2N)c1. The maximum Gasteiger partial charge on any atom is 0.335 e. The van der Waals surface area contributed by atoms with Gasteiger partial charge in [0.15, 0.2) is 0 Å². The van der Waals surface area contributed by atoms with Gasteiger partial charge in [-0.15, -0.1) is 10.2 Å². The number of azo groups is 2. The summed E-state index contributed by atoms with van der Waals surface area (Å²) in [4.78, 5) is 10.5. The molecule has 11 nitrogen and oxygen atoms in total. The van der Waals surface area contributed by atoms with Gasteiger partial charge in [0.25, 0.3) is 10.1 Å². The molecule has 170 valence electrons. The molecule has 0 spiro atoms. The molecule has 0 saturated carbocycles. The van der Waals surface area contributed by atoms with Gasteiger partial charge in [0.2, 0.25) is 0 Å². The number of hydrogen-bond acceptors (Lipinski definition) is 9. The van der Waals surface area contributed by atoms with Crippen molar-refractivity contribution in [2.24, 2.45) is 20.5 Å². The number of aromatic carboxylic acids is 1. The smallest absolute Gasteiger partial charge is 0.335 e. The van der Waals surface area contributed by atoms with E-state index in [-0.39, 0.29) is 28.3 Å². The Morgan fingerprint density at radius 2 is 1.58 bits per heavy atom. The first kappa shape index (κ1) is 23.5. The van der Waals surface area contributed by atoms with E-state index in [9.17, 15) is 17.8 Å². The molecule has 6 N–H and O–H groups in total. The summed E-state index contributed by atoms with van der Waals surface area (Å²) in [7, 11) is -4.76. The van der Waals surface area contributed by atoms with E-state index in [4.69, 9.17) is 16.6 Å². The van der Waals surface area contributed by atoms with Gasteiger partial charge in [0.05, 0.1) is 28.3 Å². The highest BCUT2D eigenvalue weighted by atomic mass is 32.2. The van der Waals surface area contributed by atoms with Crippen molar-refractivity contribution < 1.29 is 22.9 Å². The topological polar surface area (TPSA) is 193 Å². The minimum Gasteiger partial charge on any atom is -0.478 e. The van der Waals surface area contributed by atoms with Gasteiger partial charge in [0.1, 0.15) is 16.3 Å². The maximum atomic E-state index is 11.9. The first-order chi connectivity index (χ1) is 15.5. The Labute approximate surface area is 189 Å². The molecule has 0 amide bonds. The lowest BCUT2D eigenvalue weighted by atomic mass is 10.1. The van der Waals surface area contributed by atoms with Crippen LogP contribution in [0.15, 0.2) is 73.9 Å². The Morgan fingerprint density at radius 3 is 2.24 bits per heavy atom. The van der Waals surface area contributed by atoms with Crippen LogP contribution in [-0.4, -0.2) is 24.0 Å². The predicted octanol–water partition coefficient (Wildman–Crippen LogP) is 5.24. The summed E-state index contributed by atoms with van der Waals surface area (Å²) in [5.74, 6) is -1.16. The zero-order valence-electron chi connectivity index (χ0n) is 17.6. The Balaban J connectivity index is 2.14. The van der Waals surface area contributed by atoms with Crippen LogP contribution in [0.4, 0.5) is 34.1 Å². The Morgan fingerprint density at radius 1 is 0.879 bits per heavy atom. The van der Waals surface area contributed by atoms with E-state index in [1.165, 1.54) is 24.3 Å². The van der Waals surface area contributed by atoms with Crippen molar-refractivity contribution in [2.45, 2.75) is 18.7 Å². The molecule has 0 atom stereocenters. The summed E-state index contributed by atoms with van der Waals surface area (Å²) in [5.41, 5.74) is 13.5. The molecular weight excluding hydrogens is 448 g/mol. The first-order valence-electron chi connectivity index (χ1n) is 9.41. The van der Waals surface area contributed by atoms with E-state index in [1.54, 1.807) is 6.07 Å². The molecule has 12 heteroatoms. The van der Waals surface area contributed by atoms with Gasteiger partial charge >= 0.3 is 5.97 Å². The van der Waals surface area contributed by atoms with E-state index in [2.05, 4.69) is 20.5 Å². The van der Waals surface area contributed by atoms with Crippen molar-refractivity contribution >= 4 is 50.2 Å². The Hall–Kier alpha value is -4.16. The number of nitrogens with two attached hydrogens (primary N) is 2. The second kappa shape index (κ2) is 9.14. The largest absolute Gasteiger partial charge is 0.478 e. The highest BCUT2D eigenvalue weighted by Crippen LogP contribution is 2.43. The lowest BCUT2D eigenvalue weighted by Crippen LogP contribution is -2.05. The van der Waals surface area contributed by atoms with E-state index in [1.807, 2.05) is 26.0 Å². The van der Waals surface area contributed by atoms with E-state index < -0.39 is 26.7 Å². The molecule has 33 heavy (non-hydrogen) atoms. The molecule has 0 saturated heterocycles. The minimum atomic E-state index is -4.76. The number of carboxylic acid groups (broad SMARTS) is 1. The second-order valence-electron chi connectivity index (χ2n) is 7.09. The lowest BCUT2D eigenvalue weighted by Gasteiger charge is -2.10. The number of benzene rings is 3. The van der Waals surface area contributed by atoms with E-state index >= 15 is 0 Å². The summed E-state index contributed by atoms with van der Waals surface area (Å²) in [6.45, 7) is 3.71. The summed E-state index contributed by atoms with van der Waals surface area (Å²) < 4.78 is 33.3. The highest BCUT2D eigenvalue weighted by molar-refractivity contribution is 7.86. The fraction of sp³-hybridized carbons (Fsp3) is 0.0952. The van der Waals surface area contributed by atoms with Crippen molar-refractivity contribution in [3.05, 3.63) is 65.2 Å². The summed E-state index contributed by atoms with van der Waals surface area (Å²) in [6, 6.07) is 12.1. The third kappa shape index (κ3) is 5.37. The number of carboxylic acids is 1. The monoisotopic (exact) mass is 468 g/mol. The third-order valence-electron chi connectivity index (χ3n) is 4.59. The number of anilines is 2. The van der Waals surface area contributed by atoms with Gasteiger partial charge in [-0.1, -0.05) is 18.2 Å². The number of nitrogen functional groups attached to an aromatic ring is 2. The summed E-state index contributed by atoms with van der Waals surface area (Å²) >= 11 is 0. The molecular formula is C21H20N6O5S. The molecule has 0 heterocycles. The van der Waals surface area contributed by atoms with Crippen LogP contribution < -0.4 is 11.5 Å². The minimum absolute atomic E-state index is 0.0258. The van der Waals surface area contributed by atoms with Crippen molar-refractivity contribution in [2.75, 3.05) is 11.5 Å². The molecule has 0 radical (unpaired) electrons. The van der Waals surface area contributed by atoms with Crippen LogP contribution in [0.3, 0.4) is 0 Å². The molecule has 0 unspecified atom stereocenters. The number of hydrogen-bond donors (Lipinski definition) is 4. The van der Waals surface area contributed by atoms with Crippen molar-refractivity contribution in [1.82, 2.24) is 0 Å². The number of aryl methyl sites for hydroxylation is 2. The average Bonchev–Trinajstić information content (AvgIpc) is 2.74. The van der Waals surface area contributed by atoms with E-state index in [0.717, 1.165) is 17.2 Å². The van der Waals surface area contributed by atoms with Crippen LogP contribution in [0.5, 0.6) is 0 Å². The Kier molecular flexibility index (Phi) is 6.51.